The molecule has 4 aromatic carbocycles. The van der Waals surface area contributed by atoms with Crippen molar-refractivity contribution in [3.8, 4) is 44.8 Å². The Hall–Kier alpha value is -7.31. The van der Waals surface area contributed by atoms with Crippen LogP contribution in [0.1, 0.15) is 17.2 Å². The van der Waals surface area contributed by atoms with E-state index in [-0.39, 0.29) is 6.04 Å². The zero-order chi connectivity index (χ0) is 35.8. The summed E-state index contributed by atoms with van der Waals surface area (Å²) in [6, 6.07) is 40.9. The summed E-state index contributed by atoms with van der Waals surface area (Å²) in [5, 5.41) is 10.8. The van der Waals surface area contributed by atoms with Crippen molar-refractivity contribution in [2.75, 3.05) is 0 Å². The lowest BCUT2D eigenvalue weighted by Crippen LogP contribution is -2.16. The highest BCUT2D eigenvalue weighted by atomic mass is 14.9. The highest BCUT2D eigenvalue weighted by molar-refractivity contribution is 6.26. The van der Waals surface area contributed by atoms with Crippen molar-refractivity contribution in [1.82, 2.24) is 30.2 Å². The van der Waals surface area contributed by atoms with Crippen molar-refractivity contribution in [2.45, 2.75) is 6.04 Å². The topological polar surface area (TPSA) is 76.5 Å². The van der Waals surface area contributed by atoms with Gasteiger partial charge in [-0.25, -0.2) is 0 Å². The van der Waals surface area contributed by atoms with Crippen LogP contribution in [-0.4, -0.2) is 24.9 Å². The fourth-order valence-corrected chi connectivity index (χ4v) is 7.47. The smallest absolute Gasteiger partial charge is 0.0717 e. The molecule has 1 unspecified atom stereocenters. The second-order valence-electron chi connectivity index (χ2n) is 13.5. The molecule has 1 aliphatic heterocycles. The lowest BCUT2D eigenvalue weighted by Gasteiger charge is -2.20. The molecule has 6 heteroatoms. The Labute approximate surface area is 312 Å². The Bertz CT molecular complexity index is 2750. The number of pyridine rings is 5. The molecule has 0 saturated heterocycles. The maximum atomic E-state index is 4.80. The fraction of sp³-hybridized carbons (Fsp3) is 0.0208. The van der Waals surface area contributed by atoms with Crippen LogP contribution in [0.2, 0.25) is 0 Å². The molecular weight excluding hydrogens is 661 g/mol. The lowest BCUT2D eigenvalue weighted by molar-refractivity contribution is 0.745. The first-order chi connectivity index (χ1) is 26.7. The molecule has 1 aliphatic rings. The van der Waals surface area contributed by atoms with Gasteiger partial charge < -0.3 is 5.32 Å². The van der Waals surface area contributed by atoms with E-state index < -0.39 is 0 Å². The van der Waals surface area contributed by atoms with E-state index >= 15 is 0 Å². The number of hydrogen-bond donors (Lipinski definition) is 1. The summed E-state index contributed by atoms with van der Waals surface area (Å²) in [5.41, 5.74) is 11.6. The third-order valence-electron chi connectivity index (χ3n) is 10.3. The minimum absolute atomic E-state index is 0.0883. The SMILES string of the molecule is C1=CC(c2cccnc2)NC=C1c1ccc2c(c1)c1ccc(-c3ccc(-c4cccnc4)nc3)cc1c1ccc(-c3ccc(-c4cccnc4)nc3)cc21. The van der Waals surface area contributed by atoms with Crippen LogP contribution in [0, 0.1) is 0 Å². The molecule has 6 heterocycles. The zero-order valence-electron chi connectivity index (χ0n) is 29.1. The van der Waals surface area contributed by atoms with Crippen LogP contribution in [0.15, 0.2) is 183 Å². The molecule has 0 spiro atoms. The molecule has 0 aliphatic carbocycles. The van der Waals surface area contributed by atoms with Crippen molar-refractivity contribution >= 4 is 37.9 Å². The minimum atomic E-state index is 0.0883. The van der Waals surface area contributed by atoms with Gasteiger partial charge in [0, 0.05) is 78.0 Å². The number of nitrogens with one attached hydrogen (secondary N) is 1. The van der Waals surface area contributed by atoms with E-state index in [0.717, 1.165) is 61.5 Å². The molecular formula is C48H32N6. The molecule has 0 amide bonds. The summed E-state index contributed by atoms with van der Waals surface area (Å²) < 4.78 is 0. The molecule has 0 saturated carbocycles. The predicted molar refractivity (Wildman–Crippen MR) is 219 cm³/mol. The molecule has 6 nitrogen and oxygen atoms in total. The highest BCUT2D eigenvalue weighted by Crippen LogP contribution is 2.40. The predicted octanol–water partition coefficient (Wildman–Crippen LogP) is 11.0. The van der Waals surface area contributed by atoms with Gasteiger partial charge in [-0.15, -0.1) is 0 Å². The van der Waals surface area contributed by atoms with Crippen molar-refractivity contribution in [3.05, 3.63) is 194 Å². The van der Waals surface area contributed by atoms with Gasteiger partial charge in [0.1, 0.15) is 0 Å². The van der Waals surface area contributed by atoms with E-state index in [9.17, 15) is 0 Å². The van der Waals surface area contributed by atoms with Gasteiger partial charge in [0.2, 0.25) is 0 Å². The standard InChI is InChI=1S/C48H32N6/c1-4-37(25-49-19-1)46-16-10-34(28-52-46)31-7-13-40-43(22-31)41-14-8-32(35-11-17-47(53-29-35)38-5-2-20-50-26-38)24-45(41)42-15-9-33(23-44(40)42)36-12-18-48(54-30-36)39-6-3-21-51-27-39/h1-30,46,52H. The van der Waals surface area contributed by atoms with Gasteiger partial charge in [0.25, 0.3) is 0 Å². The monoisotopic (exact) mass is 692 g/mol. The molecule has 10 rings (SSSR count). The second-order valence-corrected chi connectivity index (χ2v) is 13.5. The van der Waals surface area contributed by atoms with E-state index in [1.54, 1.807) is 18.6 Å². The average Bonchev–Trinajstić information content (AvgIpc) is 3.27. The summed E-state index contributed by atoms with van der Waals surface area (Å²) in [4.78, 5) is 22.4. The van der Waals surface area contributed by atoms with Crippen LogP contribution in [-0.2, 0) is 0 Å². The van der Waals surface area contributed by atoms with Crippen LogP contribution < -0.4 is 5.32 Å². The van der Waals surface area contributed by atoms with Gasteiger partial charge in [-0.3, -0.25) is 24.9 Å². The Morgan fingerprint density at radius 2 is 0.907 bits per heavy atom. The van der Waals surface area contributed by atoms with Crippen molar-refractivity contribution in [1.29, 1.82) is 0 Å². The van der Waals surface area contributed by atoms with Crippen LogP contribution >= 0.6 is 0 Å². The van der Waals surface area contributed by atoms with E-state index in [0.29, 0.717) is 0 Å². The first-order valence-corrected chi connectivity index (χ1v) is 18.0. The molecule has 9 aromatic rings. The fourth-order valence-electron chi connectivity index (χ4n) is 7.47. The number of nitrogens with zero attached hydrogens (tertiary/aromatic N) is 5. The molecule has 54 heavy (non-hydrogen) atoms. The van der Waals surface area contributed by atoms with Gasteiger partial charge in [0.05, 0.1) is 17.4 Å². The van der Waals surface area contributed by atoms with Crippen LogP contribution in [0.5, 0.6) is 0 Å². The minimum Gasteiger partial charge on any atom is -0.380 e. The first kappa shape index (κ1) is 31.4. The lowest BCUT2D eigenvalue weighted by atomic mass is 9.89. The number of benzene rings is 4. The van der Waals surface area contributed by atoms with E-state index in [4.69, 9.17) is 9.97 Å². The highest BCUT2D eigenvalue weighted by Gasteiger charge is 2.16. The summed E-state index contributed by atoms with van der Waals surface area (Å²) in [7, 11) is 0. The van der Waals surface area contributed by atoms with Gasteiger partial charge in [-0.05, 0) is 121 Å². The molecule has 0 radical (unpaired) electrons. The third-order valence-corrected chi connectivity index (χ3v) is 10.3. The molecule has 254 valence electrons. The summed E-state index contributed by atoms with van der Waals surface area (Å²) >= 11 is 0. The molecule has 0 fully saturated rings. The number of allylic oxidation sites excluding steroid dienone is 2. The summed E-state index contributed by atoms with van der Waals surface area (Å²) in [6.45, 7) is 0. The Balaban J connectivity index is 1.10. The van der Waals surface area contributed by atoms with Crippen LogP contribution in [0.3, 0.4) is 0 Å². The normalized spacial score (nSPS) is 13.9. The second kappa shape index (κ2) is 13.3. The van der Waals surface area contributed by atoms with Crippen molar-refractivity contribution < 1.29 is 0 Å². The average molecular weight is 693 g/mol. The number of fused-ring (bicyclic) bond motifs is 6. The van der Waals surface area contributed by atoms with Crippen LogP contribution in [0.4, 0.5) is 0 Å². The molecule has 0 bridgehead atoms. The zero-order valence-corrected chi connectivity index (χ0v) is 29.1. The number of hydrogen-bond acceptors (Lipinski definition) is 6. The molecule has 1 atom stereocenters. The van der Waals surface area contributed by atoms with Gasteiger partial charge in [-0.1, -0.05) is 66.7 Å². The number of dihydropyridines is 1. The largest absolute Gasteiger partial charge is 0.380 e. The molecule has 5 aromatic heterocycles. The van der Waals surface area contributed by atoms with E-state index in [1.165, 1.54) is 32.3 Å². The third kappa shape index (κ3) is 5.76. The first-order valence-electron chi connectivity index (χ1n) is 18.0. The quantitative estimate of drug-likeness (QED) is 0.175. The van der Waals surface area contributed by atoms with E-state index in [1.807, 2.05) is 61.3 Å². The maximum Gasteiger partial charge on any atom is 0.0717 e. The van der Waals surface area contributed by atoms with Gasteiger partial charge >= 0.3 is 0 Å². The number of rotatable bonds is 6. The Morgan fingerprint density at radius 1 is 0.407 bits per heavy atom. The summed E-state index contributed by atoms with van der Waals surface area (Å²) in [5.74, 6) is 0. The Kier molecular flexibility index (Phi) is 7.77. The summed E-state index contributed by atoms with van der Waals surface area (Å²) in [6.07, 6.45) is 21.4. The van der Waals surface area contributed by atoms with E-state index in [2.05, 4.69) is 124 Å². The van der Waals surface area contributed by atoms with Gasteiger partial charge in [-0.2, -0.15) is 0 Å². The molecule has 1 N–H and O–H groups in total. The number of aromatic nitrogens is 5. The van der Waals surface area contributed by atoms with Crippen molar-refractivity contribution in [2.24, 2.45) is 0 Å². The van der Waals surface area contributed by atoms with Crippen molar-refractivity contribution in [3.63, 3.8) is 0 Å². The Morgan fingerprint density at radius 3 is 1.35 bits per heavy atom. The van der Waals surface area contributed by atoms with Gasteiger partial charge in [0.15, 0.2) is 0 Å². The van der Waals surface area contributed by atoms with Crippen LogP contribution in [0.25, 0.3) is 82.7 Å². The maximum absolute atomic E-state index is 4.80.